The molecule has 7 heteroatoms. The van der Waals surface area contributed by atoms with Crippen LogP contribution in [0.15, 0.2) is 6.33 Å². The SMILES string of the molecule is CCNC(=O)C1CNCCN1c1ncnc(C)c1F. The fourth-order valence-corrected chi connectivity index (χ4v) is 2.13. The van der Waals surface area contributed by atoms with Gasteiger partial charge in [0.25, 0.3) is 0 Å². The number of rotatable bonds is 3. The number of aromatic nitrogens is 2. The molecule has 1 aromatic rings. The predicted octanol–water partition coefficient (Wildman–Crippen LogP) is -0.162. The van der Waals surface area contributed by atoms with E-state index in [2.05, 4.69) is 20.6 Å². The number of carbonyl (C=O) groups excluding carboxylic acids is 1. The summed E-state index contributed by atoms with van der Waals surface area (Å²) in [5, 5.41) is 5.90. The molecule has 1 fully saturated rings. The van der Waals surface area contributed by atoms with Crippen LogP contribution in [0, 0.1) is 12.7 Å². The van der Waals surface area contributed by atoms with Gasteiger partial charge in [0.2, 0.25) is 5.91 Å². The first-order valence-corrected chi connectivity index (χ1v) is 6.37. The van der Waals surface area contributed by atoms with Crippen molar-refractivity contribution in [2.75, 3.05) is 31.1 Å². The summed E-state index contributed by atoms with van der Waals surface area (Å²) in [5.74, 6) is -0.380. The van der Waals surface area contributed by atoms with Crippen molar-refractivity contribution in [3.8, 4) is 0 Å². The zero-order valence-electron chi connectivity index (χ0n) is 11.1. The number of hydrogen-bond donors (Lipinski definition) is 2. The Hall–Kier alpha value is -1.76. The zero-order valence-corrected chi connectivity index (χ0v) is 11.1. The zero-order chi connectivity index (χ0) is 13.8. The molecule has 6 nitrogen and oxygen atoms in total. The maximum absolute atomic E-state index is 14.1. The van der Waals surface area contributed by atoms with E-state index >= 15 is 0 Å². The second kappa shape index (κ2) is 5.92. The average molecular weight is 267 g/mol. The molecule has 0 spiro atoms. The van der Waals surface area contributed by atoms with Gasteiger partial charge in [0.15, 0.2) is 11.6 Å². The minimum atomic E-state index is -0.460. The third kappa shape index (κ3) is 2.81. The molecule has 1 aromatic heterocycles. The Bertz CT molecular complexity index is 467. The predicted molar refractivity (Wildman–Crippen MR) is 69.4 cm³/mol. The summed E-state index contributed by atoms with van der Waals surface area (Å²) in [5.41, 5.74) is 0.290. The summed E-state index contributed by atoms with van der Waals surface area (Å²) in [6.45, 7) is 5.70. The van der Waals surface area contributed by atoms with Gasteiger partial charge in [0.05, 0.1) is 5.69 Å². The number of likely N-dealkylation sites (N-methyl/N-ethyl adjacent to an activating group) is 1. The van der Waals surface area contributed by atoms with Gasteiger partial charge in [-0.2, -0.15) is 0 Å². The molecule has 1 unspecified atom stereocenters. The summed E-state index contributed by atoms with van der Waals surface area (Å²) >= 11 is 0. The number of halogens is 1. The average Bonchev–Trinajstić information content (AvgIpc) is 2.42. The molecule has 1 atom stereocenters. The van der Waals surface area contributed by atoms with Crippen LogP contribution >= 0.6 is 0 Å². The van der Waals surface area contributed by atoms with Crippen LogP contribution in [-0.4, -0.2) is 48.1 Å². The Morgan fingerprint density at radius 3 is 3.16 bits per heavy atom. The van der Waals surface area contributed by atoms with Crippen molar-refractivity contribution in [1.82, 2.24) is 20.6 Å². The summed E-state index contributed by atoms with van der Waals surface area (Å²) in [6.07, 6.45) is 1.32. The van der Waals surface area contributed by atoms with E-state index in [0.29, 0.717) is 26.2 Å². The molecule has 2 heterocycles. The summed E-state index contributed by atoms with van der Waals surface area (Å²) < 4.78 is 14.1. The van der Waals surface area contributed by atoms with Gasteiger partial charge >= 0.3 is 0 Å². The van der Waals surface area contributed by atoms with Crippen molar-refractivity contribution < 1.29 is 9.18 Å². The lowest BCUT2D eigenvalue weighted by atomic mass is 10.1. The number of nitrogens with zero attached hydrogens (tertiary/aromatic N) is 3. The van der Waals surface area contributed by atoms with E-state index < -0.39 is 11.9 Å². The second-order valence-corrected chi connectivity index (χ2v) is 4.40. The third-order valence-corrected chi connectivity index (χ3v) is 3.11. The highest BCUT2D eigenvalue weighted by molar-refractivity contribution is 5.85. The maximum Gasteiger partial charge on any atom is 0.244 e. The van der Waals surface area contributed by atoms with Gasteiger partial charge in [-0.15, -0.1) is 0 Å². The van der Waals surface area contributed by atoms with E-state index in [1.54, 1.807) is 11.8 Å². The van der Waals surface area contributed by atoms with Gasteiger partial charge in [0, 0.05) is 26.2 Å². The summed E-state index contributed by atoms with van der Waals surface area (Å²) in [4.78, 5) is 21.5. The van der Waals surface area contributed by atoms with E-state index in [1.807, 2.05) is 6.92 Å². The Balaban J connectivity index is 2.29. The molecule has 0 bridgehead atoms. The van der Waals surface area contributed by atoms with Gasteiger partial charge in [-0.3, -0.25) is 4.79 Å². The quantitative estimate of drug-likeness (QED) is 0.796. The van der Waals surface area contributed by atoms with Crippen molar-refractivity contribution in [2.24, 2.45) is 0 Å². The normalized spacial score (nSPS) is 19.3. The van der Waals surface area contributed by atoms with Crippen molar-refractivity contribution in [3.05, 3.63) is 17.8 Å². The lowest BCUT2D eigenvalue weighted by Gasteiger charge is -2.36. The minimum Gasteiger partial charge on any atom is -0.355 e. The van der Waals surface area contributed by atoms with Crippen molar-refractivity contribution in [3.63, 3.8) is 0 Å². The molecule has 104 valence electrons. The first-order chi connectivity index (χ1) is 9.15. The Morgan fingerprint density at radius 1 is 1.63 bits per heavy atom. The number of anilines is 1. The van der Waals surface area contributed by atoms with Crippen LogP contribution in [0.2, 0.25) is 0 Å². The van der Waals surface area contributed by atoms with Gasteiger partial charge < -0.3 is 15.5 Å². The Morgan fingerprint density at radius 2 is 2.42 bits per heavy atom. The van der Waals surface area contributed by atoms with Crippen molar-refractivity contribution >= 4 is 11.7 Å². The number of amides is 1. The van der Waals surface area contributed by atoms with E-state index in [-0.39, 0.29) is 17.4 Å². The highest BCUT2D eigenvalue weighted by Crippen LogP contribution is 2.20. The van der Waals surface area contributed by atoms with E-state index in [1.165, 1.54) is 6.33 Å². The van der Waals surface area contributed by atoms with Gasteiger partial charge in [0.1, 0.15) is 12.4 Å². The molecule has 2 rings (SSSR count). The number of hydrogen-bond acceptors (Lipinski definition) is 5. The fourth-order valence-electron chi connectivity index (χ4n) is 2.13. The molecule has 2 N–H and O–H groups in total. The van der Waals surface area contributed by atoms with E-state index in [9.17, 15) is 9.18 Å². The van der Waals surface area contributed by atoms with Crippen molar-refractivity contribution in [1.29, 1.82) is 0 Å². The molecule has 0 radical (unpaired) electrons. The van der Waals surface area contributed by atoms with Gasteiger partial charge in [-0.25, -0.2) is 14.4 Å². The van der Waals surface area contributed by atoms with Crippen LogP contribution in [0.25, 0.3) is 0 Å². The molecule has 0 aromatic carbocycles. The molecule has 1 amide bonds. The molecular formula is C12H18FN5O. The topological polar surface area (TPSA) is 70.2 Å². The lowest BCUT2D eigenvalue weighted by molar-refractivity contribution is -0.122. The number of carbonyl (C=O) groups is 1. The highest BCUT2D eigenvalue weighted by Gasteiger charge is 2.31. The Kier molecular flexibility index (Phi) is 4.26. The van der Waals surface area contributed by atoms with E-state index in [0.717, 1.165) is 0 Å². The second-order valence-electron chi connectivity index (χ2n) is 4.40. The third-order valence-electron chi connectivity index (χ3n) is 3.11. The smallest absolute Gasteiger partial charge is 0.244 e. The van der Waals surface area contributed by atoms with Crippen LogP contribution in [0.1, 0.15) is 12.6 Å². The standard InChI is InChI=1S/C12H18FN5O/c1-3-15-12(19)9-6-14-4-5-18(9)11-10(13)8(2)16-7-17-11/h7,9,14H,3-6H2,1-2H3,(H,15,19). The largest absolute Gasteiger partial charge is 0.355 e. The molecule has 1 saturated heterocycles. The van der Waals surface area contributed by atoms with Crippen LogP contribution in [0.4, 0.5) is 10.2 Å². The molecule has 0 saturated carbocycles. The number of aryl methyl sites for hydroxylation is 1. The molecule has 0 aliphatic carbocycles. The van der Waals surface area contributed by atoms with Gasteiger partial charge in [-0.05, 0) is 13.8 Å². The monoisotopic (exact) mass is 267 g/mol. The number of nitrogens with one attached hydrogen (secondary N) is 2. The number of piperazine rings is 1. The highest BCUT2D eigenvalue weighted by atomic mass is 19.1. The van der Waals surface area contributed by atoms with Crippen molar-refractivity contribution in [2.45, 2.75) is 19.9 Å². The first-order valence-electron chi connectivity index (χ1n) is 6.37. The van der Waals surface area contributed by atoms with Crippen LogP contribution in [0.5, 0.6) is 0 Å². The summed E-state index contributed by atoms with van der Waals surface area (Å²) in [7, 11) is 0. The first kappa shape index (κ1) is 13.7. The van der Waals surface area contributed by atoms with Crippen LogP contribution in [-0.2, 0) is 4.79 Å². The van der Waals surface area contributed by atoms with Gasteiger partial charge in [-0.1, -0.05) is 0 Å². The maximum atomic E-state index is 14.1. The van der Waals surface area contributed by atoms with Crippen LogP contribution < -0.4 is 15.5 Å². The molecule has 19 heavy (non-hydrogen) atoms. The summed E-state index contributed by atoms with van der Waals surface area (Å²) in [6, 6.07) is -0.447. The molecular weight excluding hydrogens is 249 g/mol. The van der Waals surface area contributed by atoms with Crippen LogP contribution in [0.3, 0.4) is 0 Å². The Labute approximate surface area is 111 Å². The lowest BCUT2D eigenvalue weighted by Crippen LogP contribution is -2.58. The molecule has 1 aliphatic rings. The van der Waals surface area contributed by atoms with E-state index in [4.69, 9.17) is 0 Å². The molecule has 1 aliphatic heterocycles. The minimum absolute atomic E-state index is 0.120. The fraction of sp³-hybridized carbons (Fsp3) is 0.583.